The van der Waals surface area contributed by atoms with Crippen molar-refractivity contribution in [1.82, 2.24) is 14.9 Å². The molecule has 3 aromatic rings. The van der Waals surface area contributed by atoms with Crippen molar-refractivity contribution in [3.05, 3.63) is 70.0 Å². The van der Waals surface area contributed by atoms with Crippen LogP contribution in [0, 0.1) is 13.8 Å². The molecule has 1 amide bonds. The average Bonchev–Trinajstić information content (AvgIpc) is 3.09. The van der Waals surface area contributed by atoms with Crippen LogP contribution in [0.4, 0.5) is 5.69 Å². The summed E-state index contributed by atoms with van der Waals surface area (Å²) in [6.45, 7) is 6.06. The number of thioether (sulfide) groups is 1. The van der Waals surface area contributed by atoms with Crippen molar-refractivity contribution in [3.8, 4) is 0 Å². The Morgan fingerprint density at radius 2 is 1.86 bits per heavy atom. The number of rotatable bonds is 4. The number of fused-ring (bicyclic) bond motifs is 1. The van der Waals surface area contributed by atoms with Gasteiger partial charge in [-0.25, -0.2) is 4.68 Å². The van der Waals surface area contributed by atoms with Crippen molar-refractivity contribution < 1.29 is 4.79 Å². The van der Waals surface area contributed by atoms with Gasteiger partial charge in [0.1, 0.15) is 5.25 Å². The fraction of sp³-hybridized carbons (Fsp3) is 0.286. The van der Waals surface area contributed by atoms with Crippen molar-refractivity contribution in [3.63, 3.8) is 0 Å². The molecule has 1 aliphatic rings. The molecular formula is C21H22ClN5OS. The Balaban J connectivity index is 1.67. The van der Waals surface area contributed by atoms with E-state index in [2.05, 4.69) is 27.0 Å². The number of anilines is 1. The highest BCUT2D eigenvalue weighted by molar-refractivity contribution is 8.00. The molecule has 29 heavy (non-hydrogen) atoms. The van der Waals surface area contributed by atoms with Crippen LogP contribution in [-0.4, -0.2) is 26.0 Å². The van der Waals surface area contributed by atoms with Crippen LogP contribution in [0.15, 0.2) is 47.6 Å². The van der Waals surface area contributed by atoms with Gasteiger partial charge in [0.25, 0.3) is 0 Å². The molecule has 2 N–H and O–H groups in total. The number of carbonyl (C=O) groups excluding carboxylic acids is 1. The lowest BCUT2D eigenvalue weighted by Crippen LogP contribution is -2.41. The Labute approximate surface area is 179 Å². The van der Waals surface area contributed by atoms with Crippen LogP contribution in [0.1, 0.15) is 35.5 Å². The quantitative estimate of drug-likeness (QED) is 0.641. The highest BCUT2D eigenvalue weighted by Gasteiger charge is 2.37. The van der Waals surface area contributed by atoms with E-state index in [1.54, 1.807) is 0 Å². The average molecular weight is 428 g/mol. The van der Waals surface area contributed by atoms with E-state index < -0.39 is 5.25 Å². The Kier molecular flexibility index (Phi) is 5.52. The second-order valence-corrected chi connectivity index (χ2v) is 8.70. The van der Waals surface area contributed by atoms with Crippen molar-refractivity contribution in [2.75, 3.05) is 10.7 Å². The number of halogens is 1. The number of hydrogen-bond acceptors (Lipinski definition) is 5. The summed E-state index contributed by atoms with van der Waals surface area (Å²) >= 11 is 7.49. The second-order valence-electron chi connectivity index (χ2n) is 7.15. The van der Waals surface area contributed by atoms with Crippen molar-refractivity contribution >= 4 is 35.0 Å². The number of aromatic nitrogens is 3. The smallest absolute Gasteiger partial charge is 0.240 e. The number of nitrogens with one attached hydrogen (secondary N) is 2. The van der Waals surface area contributed by atoms with Gasteiger partial charge >= 0.3 is 0 Å². The molecule has 1 aliphatic heterocycles. The molecule has 0 saturated heterocycles. The maximum atomic E-state index is 13.3. The summed E-state index contributed by atoms with van der Waals surface area (Å²) in [5.41, 5.74) is 7.43. The maximum absolute atomic E-state index is 13.3. The summed E-state index contributed by atoms with van der Waals surface area (Å²) < 4.78 is 1.88. The zero-order valence-corrected chi connectivity index (χ0v) is 18.0. The molecule has 2 atom stereocenters. The predicted octanol–water partition coefficient (Wildman–Crippen LogP) is 4.51. The Hall–Kier alpha value is -2.51. The second kappa shape index (κ2) is 8.08. The van der Waals surface area contributed by atoms with Gasteiger partial charge in [0.2, 0.25) is 11.1 Å². The third-order valence-corrected chi connectivity index (χ3v) is 6.26. The summed E-state index contributed by atoms with van der Waals surface area (Å²) in [7, 11) is 0. The molecule has 150 valence electrons. The molecule has 0 bridgehead atoms. The van der Waals surface area contributed by atoms with E-state index >= 15 is 0 Å². The number of benzene rings is 2. The SMILES string of the molecule is CCc1nnc2n1N[C@@H](c1ccc(Cl)cc1)[C@@H](C(=O)Nc1cc(C)cc(C)c1)S2. The molecular weight excluding hydrogens is 406 g/mol. The number of carbonyl (C=O) groups is 1. The Morgan fingerprint density at radius 1 is 1.17 bits per heavy atom. The molecule has 0 aliphatic carbocycles. The number of hydrogen-bond donors (Lipinski definition) is 2. The van der Waals surface area contributed by atoms with Crippen molar-refractivity contribution in [2.45, 2.75) is 43.6 Å². The molecule has 1 aromatic heterocycles. The molecule has 2 heterocycles. The topological polar surface area (TPSA) is 71.8 Å². The van der Waals surface area contributed by atoms with Gasteiger partial charge in [-0.2, -0.15) is 0 Å². The Bertz CT molecular complexity index is 1030. The van der Waals surface area contributed by atoms with Crippen LogP contribution in [0.2, 0.25) is 5.02 Å². The summed E-state index contributed by atoms with van der Waals surface area (Å²) in [6.07, 6.45) is 0.743. The molecule has 0 unspecified atom stereocenters. The molecule has 4 rings (SSSR count). The Morgan fingerprint density at radius 3 is 2.52 bits per heavy atom. The minimum Gasteiger partial charge on any atom is -0.325 e. The highest BCUT2D eigenvalue weighted by atomic mass is 35.5. The first-order valence-corrected chi connectivity index (χ1v) is 10.7. The van der Waals surface area contributed by atoms with Crippen LogP contribution in [0.5, 0.6) is 0 Å². The van der Waals surface area contributed by atoms with E-state index in [0.29, 0.717) is 10.2 Å². The van der Waals surface area contributed by atoms with E-state index in [9.17, 15) is 4.79 Å². The lowest BCUT2D eigenvalue weighted by molar-refractivity contribution is -0.116. The van der Waals surface area contributed by atoms with Gasteiger partial charge in [-0.15, -0.1) is 10.2 Å². The first-order valence-electron chi connectivity index (χ1n) is 9.46. The molecule has 0 saturated carbocycles. The van der Waals surface area contributed by atoms with Gasteiger partial charge in [-0.1, -0.05) is 48.5 Å². The van der Waals surface area contributed by atoms with E-state index in [-0.39, 0.29) is 11.9 Å². The normalized spacial score (nSPS) is 18.1. The monoisotopic (exact) mass is 427 g/mol. The number of nitrogens with zero attached hydrogens (tertiary/aromatic N) is 3. The van der Waals surface area contributed by atoms with Crippen LogP contribution in [0.25, 0.3) is 0 Å². The van der Waals surface area contributed by atoms with Gasteiger partial charge in [0.15, 0.2) is 5.82 Å². The standard InChI is InChI=1S/C21H22ClN5OS/c1-4-17-24-25-21-27(17)26-18(14-5-7-15(22)8-6-14)19(29-21)20(28)23-16-10-12(2)9-13(3)11-16/h5-11,18-19,26H,4H2,1-3H3,(H,23,28)/t18-,19-/m0/s1. The predicted molar refractivity (Wildman–Crippen MR) is 117 cm³/mol. The number of aryl methyl sites for hydroxylation is 3. The highest BCUT2D eigenvalue weighted by Crippen LogP contribution is 2.38. The van der Waals surface area contributed by atoms with Crippen LogP contribution >= 0.6 is 23.4 Å². The van der Waals surface area contributed by atoms with Gasteiger partial charge in [-0.05, 0) is 54.8 Å². The van der Waals surface area contributed by atoms with Gasteiger partial charge in [0.05, 0.1) is 6.04 Å². The molecule has 0 fully saturated rings. The van der Waals surface area contributed by atoms with Crippen LogP contribution in [-0.2, 0) is 11.2 Å². The lowest BCUT2D eigenvalue weighted by Gasteiger charge is -2.33. The summed E-state index contributed by atoms with van der Waals surface area (Å²) in [5, 5.41) is 12.5. The largest absolute Gasteiger partial charge is 0.325 e. The van der Waals surface area contributed by atoms with Gasteiger partial charge in [-0.3, -0.25) is 4.79 Å². The minimum atomic E-state index is -0.418. The minimum absolute atomic E-state index is 0.0836. The maximum Gasteiger partial charge on any atom is 0.240 e. The van der Waals surface area contributed by atoms with Crippen molar-refractivity contribution in [2.24, 2.45) is 0 Å². The van der Waals surface area contributed by atoms with E-state index in [1.165, 1.54) is 11.8 Å². The summed E-state index contributed by atoms with van der Waals surface area (Å²) in [5.74, 6) is 0.749. The first-order chi connectivity index (χ1) is 13.9. The molecule has 0 radical (unpaired) electrons. The molecule has 0 spiro atoms. The van der Waals surface area contributed by atoms with E-state index in [0.717, 1.165) is 34.6 Å². The third kappa shape index (κ3) is 4.11. The lowest BCUT2D eigenvalue weighted by atomic mass is 10.0. The van der Waals surface area contributed by atoms with Gasteiger partial charge < -0.3 is 10.7 Å². The van der Waals surface area contributed by atoms with E-state index in [1.807, 2.05) is 61.8 Å². The van der Waals surface area contributed by atoms with Gasteiger partial charge in [0, 0.05) is 17.1 Å². The first kappa shape index (κ1) is 19.8. The van der Waals surface area contributed by atoms with Crippen LogP contribution in [0.3, 0.4) is 0 Å². The third-order valence-electron chi connectivity index (χ3n) is 4.80. The molecule has 8 heteroatoms. The van der Waals surface area contributed by atoms with E-state index in [4.69, 9.17) is 11.6 Å². The fourth-order valence-electron chi connectivity index (χ4n) is 3.51. The summed E-state index contributed by atoms with van der Waals surface area (Å²) in [6, 6.07) is 13.3. The zero-order chi connectivity index (χ0) is 20.5. The number of amides is 1. The zero-order valence-electron chi connectivity index (χ0n) is 16.4. The molecule has 2 aromatic carbocycles. The fourth-order valence-corrected chi connectivity index (χ4v) is 4.73. The molecule has 6 nitrogen and oxygen atoms in total. The van der Waals surface area contributed by atoms with Crippen molar-refractivity contribution in [1.29, 1.82) is 0 Å². The summed E-state index contributed by atoms with van der Waals surface area (Å²) in [4.78, 5) is 13.3. The van der Waals surface area contributed by atoms with Crippen LogP contribution < -0.4 is 10.7 Å².